The van der Waals surface area contributed by atoms with Crippen LogP contribution in [0.25, 0.3) is 0 Å². The zero-order valence-electron chi connectivity index (χ0n) is 13.8. The molecule has 21 heavy (non-hydrogen) atoms. The molecule has 1 heterocycles. The van der Waals surface area contributed by atoms with Crippen molar-refractivity contribution in [2.45, 2.75) is 76.8 Å². The Morgan fingerprint density at radius 3 is 2.29 bits per heavy atom. The second kappa shape index (κ2) is 13.0. The summed E-state index contributed by atoms with van der Waals surface area (Å²) in [4.78, 5) is 6.95. The smallest absolute Gasteiger partial charge is 0.102 e. The van der Waals surface area contributed by atoms with E-state index in [0.717, 1.165) is 19.6 Å². The molecule has 0 saturated heterocycles. The highest BCUT2D eigenvalue weighted by atomic mass is 15.3. The topological polar surface area (TPSA) is 41.6 Å². The van der Waals surface area contributed by atoms with Gasteiger partial charge in [0.2, 0.25) is 0 Å². The molecule has 122 valence electrons. The third-order valence-electron chi connectivity index (χ3n) is 4.30. The van der Waals surface area contributed by atoms with E-state index in [2.05, 4.69) is 16.5 Å². The predicted octanol–water partition coefficient (Wildman–Crippen LogP) is 4.13. The van der Waals surface area contributed by atoms with Crippen molar-refractivity contribution >= 4 is 6.21 Å². The van der Waals surface area contributed by atoms with Gasteiger partial charge in [-0.2, -0.15) is 0 Å². The molecule has 0 aromatic heterocycles. The third kappa shape index (κ3) is 9.05. The van der Waals surface area contributed by atoms with Crippen LogP contribution in [0.5, 0.6) is 0 Å². The Hall–Kier alpha value is -0.670. The zero-order valence-corrected chi connectivity index (χ0v) is 13.8. The number of aliphatic imine (C=N–C) groups is 1. The van der Waals surface area contributed by atoms with Crippen LogP contribution in [0.1, 0.15) is 70.6 Å². The van der Waals surface area contributed by atoms with Gasteiger partial charge in [0.05, 0.1) is 0 Å². The highest BCUT2D eigenvalue weighted by Gasteiger charge is 2.19. The van der Waals surface area contributed by atoms with Gasteiger partial charge in [-0.25, -0.2) is 0 Å². The number of hydrogen-bond acceptors (Lipinski definition) is 3. The Morgan fingerprint density at radius 1 is 1.05 bits per heavy atom. The summed E-state index contributed by atoms with van der Waals surface area (Å²) in [7, 11) is 0. The first-order valence-corrected chi connectivity index (χ1v) is 8.95. The average Bonchev–Trinajstić information content (AvgIpc) is 2.92. The first-order chi connectivity index (χ1) is 10.4. The van der Waals surface area contributed by atoms with Crippen LogP contribution in [0.15, 0.2) is 17.6 Å². The van der Waals surface area contributed by atoms with Crippen LogP contribution in [0.4, 0.5) is 0 Å². The first kappa shape index (κ1) is 18.4. The SMILES string of the molecule is C=CCCCCCCCCCCCC1N=CCN1CCN. The molecule has 1 aliphatic rings. The fourth-order valence-corrected chi connectivity index (χ4v) is 3.01. The zero-order chi connectivity index (χ0) is 15.2. The molecule has 0 radical (unpaired) electrons. The predicted molar refractivity (Wildman–Crippen MR) is 93.9 cm³/mol. The summed E-state index contributed by atoms with van der Waals surface area (Å²) in [5.41, 5.74) is 5.63. The molecule has 0 saturated carbocycles. The highest BCUT2D eigenvalue weighted by molar-refractivity contribution is 5.62. The van der Waals surface area contributed by atoms with Gasteiger partial charge in [0, 0.05) is 25.8 Å². The van der Waals surface area contributed by atoms with Crippen molar-refractivity contribution in [3.05, 3.63) is 12.7 Å². The summed E-state index contributed by atoms with van der Waals surface area (Å²) in [5, 5.41) is 0. The molecule has 0 amide bonds. The molecule has 0 spiro atoms. The van der Waals surface area contributed by atoms with Crippen LogP contribution >= 0.6 is 0 Å². The third-order valence-corrected chi connectivity index (χ3v) is 4.30. The number of rotatable bonds is 14. The highest BCUT2D eigenvalue weighted by Crippen LogP contribution is 2.16. The summed E-state index contributed by atoms with van der Waals surface area (Å²) in [6.07, 6.45) is 19.3. The van der Waals surface area contributed by atoms with Gasteiger partial charge in [-0.3, -0.25) is 9.89 Å². The Balaban J connectivity index is 1.84. The molecule has 0 aromatic carbocycles. The average molecular weight is 293 g/mol. The van der Waals surface area contributed by atoms with Gasteiger partial charge in [-0.1, -0.05) is 51.0 Å². The fourth-order valence-electron chi connectivity index (χ4n) is 3.01. The van der Waals surface area contributed by atoms with Crippen molar-refractivity contribution in [2.24, 2.45) is 10.7 Å². The molecule has 2 N–H and O–H groups in total. The molecule has 1 atom stereocenters. The molecular weight excluding hydrogens is 258 g/mol. The first-order valence-electron chi connectivity index (χ1n) is 8.95. The van der Waals surface area contributed by atoms with Crippen molar-refractivity contribution in [1.29, 1.82) is 0 Å². The maximum Gasteiger partial charge on any atom is 0.102 e. The van der Waals surface area contributed by atoms with E-state index in [1.807, 2.05) is 12.3 Å². The van der Waals surface area contributed by atoms with Crippen molar-refractivity contribution in [3.63, 3.8) is 0 Å². The van der Waals surface area contributed by atoms with Crippen LogP contribution in [-0.4, -0.2) is 36.9 Å². The van der Waals surface area contributed by atoms with E-state index in [1.165, 1.54) is 70.6 Å². The Kier molecular flexibility index (Phi) is 11.4. The van der Waals surface area contributed by atoms with Crippen LogP contribution < -0.4 is 5.73 Å². The van der Waals surface area contributed by atoms with Crippen LogP contribution in [0.3, 0.4) is 0 Å². The fraction of sp³-hybridized carbons (Fsp3) is 0.833. The van der Waals surface area contributed by atoms with Gasteiger partial charge in [0.15, 0.2) is 0 Å². The molecule has 0 aliphatic carbocycles. The second-order valence-electron chi connectivity index (χ2n) is 6.14. The normalized spacial score (nSPS) is 18.4. The van der Waals surface area contributed by atoms with Crippen LogP contribution in [0, 0.1) is 0 Å². The lowest BCUT2D eigenvalue weighted by Gasteiger charge is -2.21. The molecule has 0 bridgehead atoms. The summed E-state index contributed by atoms with van der Waals surface area (Å²) < 4.78 is 0. The molecule has 1 unspecified atom stereocenters. The number of allylic oxidation sites excluding steroid dienone is 1. The minimum Gasteiger partial charge on any atom is -0.329 e. The van der Waals surface area contributed by atoms with Gasteiger partial charge in [0.25, 0.3) is 0 Å². The summed E-state index contributed by atoms with van der Waals surface area (Å²) in [6, 6.07) is 0. The quantitative estimate of drug-likeness (QED) is 0.386. The van der Waals surface area contributed by atoms with Gasteiger partial charge in [0.1, 0.15) is 6.17 Å². The van der Waals surface area contributed by atoms with E-state index in [9.17, 15) is 0 Å². The van der Waals surface area contributed by atoms with Crippen molar-refractivity contribution in [2.75, 3.05) is 19.6 Å². The van der Waals surface area contributed by atoms with Gasteiger partial charge < -0.3 is 5.73 Å². The lowest BCUT2D eigenvalue weighted by molar-refractivity contribution is 0.241. The van der Waals surface area contributed by atoms with E-state index in [-0.39, 0.29) is 0 Å². The molecule has 0 aromatic rings. The number of nitrogens with zero attached hydrogens (tertiary/aromatic N) is 2. The summed E-state index contributed by atoms with van der Waals surface area (Å²) in [6.45, 7) is 6.48. The molecule has 3 heteroatoms. The number of nitrogens with two attached hydrogens (primary N) is 1. The van der Waals surface area contributed by atoms with E-state index in [4.69, 9.17) is 5.73 Å². The van der Waals surface area contributed by atoms with E-state index in [0.29, 0.717) is 6.17 Å². The van der Waals surface area contributed by atoms with Gasteiger partial charge >= 0.3 is 0 Å². The molecule has 0 fully saturated rings. The van der Waals surface area contributed by atoms with Crippen molar-refractivity contribution in [1.82, 2.24) is 4.90 Å². The Morgan fingerprint density at radius 2 is 1.67 bits per heavy atom. The molecule has 3 nitrogen and oxygen atoms in total. The number of hydrogen-bond donors (Lipinski definition) is 1. The maximum absolute atomic E-state index is 5.63. The van der Waals surface area contributed by atoms with E-state index >= 15 is 0 Å². The second-order valence-corrected chi connectivity index (χ2v) is 6.14. The van der Waals surface area contributed by atoms with Crippen molar-refractivity contribution < 1.29 is 0 Å². The minimum absolute atomic E-state index is 0.415. The molecule has 1 rings (SSSR count). The minimum atomic E-state index is 0.415. The molecular formula is C18H35N3. The van der Waals surface area contributed by atoms with E-state index < -0.39 is 0 Å². The lowest BCUT2D eigenvalue weighted by atomic mass is 10.1. The Labute approximate surface area is 131 Å². The van der Waals surface area contributed by atoms with Crippen molar-refractivity contribution in [3.8, 4) is 0 Å². The largest absolute Gasteiger partial charge is 0.329 e. The van der Waals surface area contributed by atoms with Gasteiger partial charge in [-0.05, 0) is 25.7 Å². The van der Waals surface area contributed by atoms with E-state index in [1.54, 1.807) is 0 Å². The molecule has 1 aliphatic heterocycles. The standard InChI is InChI=1S/C18H35N3/c1-2-3-4-5-6-7-8-9-10-11-12-13-18-20-15-17-21(18)16-14-19/h2,15,18H,1,3-14,16-17,19H2. The number of unbranched alkanes of at least 4 members (excludes halogenated alkanes) is 9. The summed E-state index contributed by atoms with van der Waals surface area (Å²) >= 11 is 0. The lowest BCUT2D eigenvalue weighted by Crippen LogP contribution is -2.34. The van der Waals surface area contributed by atoms with Gasteiger partial charge in [-0.15, -0.1) is 6.58 Å². The van der Waals surface area contributed by atoms with Crippen LogP contribution in [-0.2, 0) is 0 Å². The Bertz CT molecular complexity index is 276. The van der Waals surface area contributed by atoms with Crippen LogP contribution in [0.2, 0.25) is 0 Å². The monoisotopic (exact) mass is 293 g/mol. The maximum atomic E-state index is 5.63. The summed E-state index contributed by atoms with van der Waals surface area (Å²) in [5.74, 6) is 0.